The Morgan fingerprint density at radius 2 is 1.60 bits per heavy atom. The molecule has 0 N–H and O–H groups in total. The molecule has 156 valence electrons. The van der Waals surface area contributed by atoms with E-state index in [0.29, 0.717) is 11.8 Å². The number of hydrogen-bond donors (Lipinski definition) is 0. The molecule has 30 heavy (non-hydrogen) atoms. The van der Waals surface area contributed by atoms with Crippen molar-refractivity contribution in [2.75, 3.05) is 0 Å². The first-order valence-electron chi connectivity index (χ1n) is 11.8. The molecule has 1 aliphatic carbocycles. The first-order chi connectivity index (χ1) is 14.7. The molecule has 1 aliphatic rings. The summed E-state index contributed by atoms with van der Waals surface area (Å²) in [7, 11) is 0. The molecule has 0 bridgehead atoms. The Morgan fingerprint density at radius 1 is 0.867 bits per heavy atom. The highest BCUT2D eigenvalue weighted by Crippen LogP contribution is 2.35. The Kier molecular flexibility index (Phi) is 8.59. The van der Waals surface area contributed by atoms with Gasteiger partial charge in [-0.2, -0.15) is 5.26 Å². The van der Waals surface area contributed by atoms with Crippen LogP contribution in [0.2, 0.25) is 0 Å². The lowest BCUT2D eigenvalue weighted by Crippen LogP contribution is -2.12. The summed E-state index contributed by atoms with van der Waals surface area (Å²) in [5.41, 5.74) is 5.71. The molecule has 0 amide bonds. The topological polar surface area (TPSA) is 23.8 Å². The predicted molar refractivity (Wildman–Crippen MR) is 126 cm³/mol. The van der Waals surface area contributed by atoms with Gasteiger partial charge in [0.15, 0.2) is 0 Å². The van der Waals surface area contributed by atoms with Crippen molar-refractivity contribution in [3.05, 3.63) is 70.3 Å². The zero-order valence-corrected chi connectivity index (χ0v) is 18.7. The van der Waals surface area contributed by atoms with Crippen LogP contribution < -0.4 is 0 Å². The highest BCUT2D eigenvalue weighted by atomic mass is 14.3. The van der Waals surface area contributed by atoms with Gasteiger partial charge in [-0.3, -0.25) is 0 Å². The van der Waals surface area contributed by atoms with Crippen molar-refractivity contribution in [1.29, 1.82) is 5.26 Å². The fraction of sp³-hybridized carbons (Fsp3) is 0.483. The van der Waals surface area contributed by atoms with Crippen molar-refractivity contribution in [1.82, 2.24) is 0 Å². The highest BCUT2D eigenvalue weighted by molar-refractivity contribution is 5.50. The average Bonchev–Trinajstić information content (AvgIpc) is 2.79. The van der Waals surface area contributed by atoms with Crippen LogP contribution in [-0.4, -0.2) is 0 Å². The Hall–Kier alpha value is -2.51. The summed E-state index contributed by atoms with van der Waals surface area (Å²) < 4.78 is 0. The molecule has 0 unspecified atom stereocenters. The van der Waals surface area contributed by atoms with Crippen LogP contribution in [0.1, 0.15) is 98.4 Å². The summed E-state index contributed by atoms with van der Waals surface area (Å²) in [4.78, 5) is 0. The van der Waals surface area contributed by atoms with Crippen molar-refractivity contribution in [3.63, 3.8) is 0 Å². The molecule has 0 heterocycles. The maximum Gasteiger partial charge on any atom is 0.100 e. The van der Waals surface area contributed by atoms with Gasteiger partial charge in [0.1, 0.15) is 6.07 Å². The van der Waals surface area contributed by atoms with Crippen LogP contribution in [0.3, 0.4) is 0 Å². The molecule has 2 aromatic carbocycles. The van der Waals surface area contributed by atoms with Crippen molar-refractivity contribution in [3.8, 4) is 17.9 Å². The Balaban J connectivity index is 1.54. The van der Waals surface area contributed by atoms with Crippen LogP contribution in [0.4, 0.5) is 0 Å². The van der Waals surface area contributed by atoms with E-state index in [0.717, 1.165) is 30.4 Å². The zero-order chi connectivity index (χ0) is 21.2. The van der Waals surface area contributed by atoms with E-state index in [2.05, 4.69) is 74.2 Å². The number of unbranched alkanes of at least 4 members (excludes halogenated alkanes) is 4. The van der Waals surface area contributed by atoms with Gasteiger partial charge >= 0.3 is 0 Å². The van der Waals surface area contributed by atoms with Gasteiger partial charge in [0.05, 0.1) is 5.56 Å². The number of nitrogens with zero attached hydrogens (tertiary/aromatic N) is 1. The third-order valence-electron chi connectivity index (χ3n) is 6.46. The Morgan fingerprint density at radius 3 is 2.30 bits per heavy atom. The van der Waals surface area contributed by atoms with Crippen molar-refractivity contribution in [2.45, 2.75) is 84.0 Å². The smallest absolute Gasteiger partial charge is 0.100 e. The van der Waals surface area contributed by atoms with Crippen LogP contribution >= 0.6 is 0 Å². The van der Waals surface area contributed by atoms with E-state index in [-0.39, 0.29) is 0 Å². The lowest BCUT2D eigenvalue weighted by molar-refractivity contribution is 0.384. The van der Waals surface area contributed by atoms with Crippen LogP contribution in [0.5, 0.6) is 0 Å². The van der Waals surface area contributed by atoms with E-state index in [9.17, 15) is 5.26 Å². The van der Waals surface area contributed by atoms with Gasteiger partial charge in [0.25, 0.3) is 0 Å². The minimum atomic E-state index is 0.455. The van der Waals surface area contributed by atoms with E-state index >= 15 is 0 Å². The SMILES string of the molecule is CCCCCCCc1ccc(C#C[C@H]2CC[C@H](c3ccc(C)cc3)CC2)c(C#N)c1. The van der Waals surface area contributed by atoms with E-state index < -0.39 is 0 Å². The van der Waals surface area contributed by atoms with Crippen molar-refractivity contribution < 1.29 is 0 Å². The maximum absolute atomic E-state index is 9.58. The second-order valence-electron chi connectivity index (χ2n) is 8.88. The normalized spacial score (nSPS) is 18.3. The Labute approximate surface area is 183 Å². The predicted octanol–water partition coefficient (Wildman–Crippen LogP) is 7.71. The minimum Gasteiger partial charge on any atom is -0.192 e. The van der Waals surface area contributed by atoms with Crippen LogP contribution in [0, 0.1) is 36.0 Å². The van der Waals surface area contributed by atoms with E-state index in [1.807, 2.05) is 0 Å². The minimum absolute atomic E-state index is 0.455. The summed E-state index contributed by atoms with van der Waals surface area (Å²) in [5, 5.41) is 9.58. The van der Waals surface area contributed by atoms with Crippen molar-refractivity contribution >= 4 is 0 Å². The standard InChI is InChI=1S/C29H35N/c1-3-4-5-6-7-8-25-14-20-28(29(21-25)22-30)19-13-24-11-17-27(18-12-24)26-15-9-23(2)10-16-26/h9-10,14-16,20-21,24,27H,3-8,11-12,17-18H2,1-2H3/t24-,27-. The van der Waals surface area contributed by atoms with Gasteiger partial charge in [-0.25, -0.2) is 0 Å². The van der Waals surface area contributed by atoms with Crippen LogP contribution in [0.15, 0.2) is 42.5 Å². The molecule has 1 nitrogen and oxygen atoms in total. The number of aryl methyl sites for hydroxylation is 2. The first-order valence-corrected chi connectivity index (χ1v) is 11.8. The molecule has 0 saturated heterocycles. The van der Waals surface area contributed by atoms with Crippen LogP contribution in [-0.2, 0) is 6.42 Å². The molecule has 0 aromatic heterocycles. The maximum atomic E-state index is 9.58. The summed E-state index contributed by atoms with van der Waals surface area (Å²) in [6.45, 7) is 4.39. The van der Waals surface area contributed by atoms with Gasteiger partial charge in [0, 0.05) is 11.5 Å². The molecule has 0 spiro atoms. The molecular formula is C29H35N. The van der Waals surface area contributed by atoms with Crippen molar-refractivity contribution in [2.24, 2.45) is 5.92 Å². The molecular weight excluding hydrogens is 362 g/mol. The third kappa shape index (κ3) is 6.50. The zero-order valence-electron chi connectivity index (χ0n) is 18.7. The molecule has 1 heteroatoms. The molecule has 3 rings (SSSR count). The second-order valence-corrected chi connectivity index (χ2v) is 8.88. The number of benzene rings is 2. The highest BCUT2D eigenvalue weighted by Gasteiger charge is 2.21. The van der Waals surface area contributed by atoms with E-state index in [1.165, 1.54) is 61.6 Å². The number of nitriles is 1. The monoisotopic (exact) mass is 397 g/mol. The third-order valence-corrected chi connectivity index (χ3v) is 6.46. The first kappa shape index (κ1) is 22.2. The quantitative estimate of drug-likeness (QED) is 0.347. The van der Waals surface area contributed by atoms with E-state index in [4.69, 9.17) is 0 Å². The Bertz CT molecular complexity index is 896. The second kappa shape index (κ2) is 11.6. The number of hydrogen-bond acceptors (Lipinski definition) is 1. The molecule has 0 radical (unpaired) electrons. The lowest BCUT2D eigenvalue weighted by Gasteiger charge is -2.26. The molecule has 0 aliphatic heterocycles. The fourth-order valence-corrected chi connectivity index (χ4v) is 4.47. The molecule has 0 atom stereocenters. The lowest BCUT2D eigenvalue weighted by atomic mass is 9.79. The summed E-state index contributed by atoms with van der Waals surface area (Å²) in [6, 6.07) is 17.7. The van der Waals surface area contributed by atoms with Gasteiger partial charge < -0.3 is 0 Å². The van der Waals surface area contributed by atoms with E-state index in [1.54, 1.807) is 0 Å². The molecule has 2 aromatic rings. The van der Waals surface area contributed by atoms with Gasteiger partial charge in [-0.1, -0.05) is 80.3 Å². The van der Waals surface area contributed by atoms with Crippen LogP contribution in [0.25, 0.3) is 0 Å². The summed E-state index contributed by atoms with van der Waals surface area (Å²) >= 11 is 0. The summed E-state index contributed by atoms with van der Waals surface area (Å²) in [5.74, 6) is 7.94. The molecule has 1 saturated carbocycles. The fourth-order valence-electron chi connectivity index (χ4n) is 4.47. The molecule has 1 fully saturated rings. The van der Waals surface area contributed by atoms with Gasteiger partial charge in [0.2, 0.25) is 0 Å². The average molecular weight is 398 g/mol. The largest absolute Gasteiger partial charge is 0.192 e. The number of rotatable bonds is 7. The summed E-state index contributed by atoms with van der Waals surface area (Å²) in [6.07, 6.45) is 12.2. The van der Waals surface area contributed by atoms with Gasteiger partial charge in [-0.05, 0) is 74.6 Å². The van der Waals surface area contributed by atoms with Gasteiger partial charge in [-0.15, -0.1) is 0 Å².